The van der Waals surface area contributed by atoms with E-state index in [2.05, 4.69) is 43.3 Å². The minimum atomic E-state index is 0.445. The van der Waals surface area contributed by atoms with Crippen LogP contribution in [0.5, 0.6) is 0 Å². The lowest BCUT2D eigenvalue weighted by atomic mass is 10.00. The third-order valence-electron chi connectivity index (χ3n) is 3.37. The van der Waals surface area contributed by atoms with Crippen molar-refractivity contribution in [1.29, 1.82) is 0 Å². The number of rotatable bonds is 3. The zero-order chi connectivity index (χ0) is 14.1. The molecule has 0 bridgehead atoms. The Hall–Kier alpha value is -2.07. The topological polar surface area (TPSA) is 52.0 Å². The molecule has 3 aromatic rings. The van der Waals surface area contributed by atoms with E-state index in [1.165, 1.54) is 4.88 Å². The predicted octanol–water partition coefficient (Wildman–Crippen LogP) is 4.52. The minimum absolute atomic E-state index is 0.445. The first-order valence-electron chi connectivity index (χ1n) is 6.61. The average Bonchev–Trinajstić information content (AvgIpc) is 3.06. The van der Waals surface area contributed by atoms with Crippen molar-refractivity contribution in [1.82, 2.24) is 5.16 Å². The van der Waals surface area contributed by atoms with Gasteiger partial charge in [0.05, 0.1) is 10.4 Å². The van der Waals surface area contributed by atoms with E-state index in [4.69, 9.17) is 10.3 Å². The van der Waals surface area contributed by atoms with Crippen LogP contribution in [0.1, 0.15) is 17.4 Å². The second-order valence-corrected chi connectivity index (χ2v) is 5.87. The van der Waals surface area contributed by atoms with E-state index in [1.54, 1.807) is 11.3 Å². The molecule has 0 saturated carbocycles. The van der Waals surface area contributed by atoms with E-state index in [-0.39, 0.29) is 0 Å². The molecule has 2 heterocycles. The Morgan fingerprint density at radius 1 is 1.20 bits per heavy atom. The summed E-state index contributed by atoms with van der Waals surface area (Å²) in [6, 6.07) is 12.3. The molecule has 0 aliphatic carbocycles. The standard InChI is InChI=1S/C16H16N2OS/c1-3-11-8-9-13(20-11)15-14(16(17)18-19-15)12-7-5-4-6-10(12)2/h4-9H,3H2,1-2H3,(H2,17,18). The lowest BCUT2D eigenvalue weighted by molar-refractivity contribution is 0.437. The molecule has 0 unspecified atom stereocenters. The van der Waals surface area contributed by atoms with E-state index in [1.807, 2.05) is 12.1 Å². The highest BCUT2D eigenvalue weighted by Crippen LogP contribution is 2.40. The second-order valence-electron chi connectivity index (χ2n) is 4.71. The monoisotopic (exact) mass is 284 g/mol. The number of aromatic nitrogens is 1. The van der Waals surface area contributed by atoms with Gasteiger partial charge in [0.1, 0.15) is 0 Å². The molecule has 0 atom stereocenters. The number of thiophene rings is 1. The van der Waals surface area contributed by atoms with Crippen LogP contribution < -0.4 is 5.73 Å². The van der Waals surface area contributed by atoms with Crippen LogP contribution >= 0.6 is 11.3 Å². The summed E-state index contributed by atoms with van der Waals surface area (Å²) in [4.78, 5) is 2.40. The van der Waals surface area contributed by atoms with Gasteiger partial charge in [-0.2, -0.15) is 0 Å². The zero-order valence-electron chi connectivity index (χ0n) is 11.5. The first kappa shape index (κ1) is 12.9. The van der Waals surface area contributed by atoms with Crippen molar-refractivity contribution in [2.45, 2.75) is 20.3 Å². The molecule has 0 radical (unpaired) electrons. The molecule has 3 rings (SSSR count). The highest BCUT2D eigenvalue weighted by Gasteiger charge is 2.20. The summed E-state index contributed by atoms with van der Waals surface area (Å²) in [7, 11) is 0. The van der Waals surface area contributed by atoms with Gasteiger partial charge in [-0.25, -0.2) is 0 Å². The Morgan fingerprint density at radius 3 is 2.70 bits per heavy atom. The van der Waals surface area contributed by atoms with Crippen molar-refractivity contribution in [2.24, 2.45) is 0 Å². The largest absolute Gasteiger partial charge is 0.380 e. The smallest absolute Gasteiger partial charge is 0.186 e. The molecule has 4 heteroatoms. The van der Waals surface area contributed by atoms with Crippen LogP contribution in [0.3, 0.4) is 0 Å². The van der Waals surface area contributed by atoms with Gasteiger partial charge in [-0.3, -0.25) is 0 Å². The summed E-state index contributed by atoms with van der Waals surface area (Å²) >= 11 is 1.72. The number of anilines is 1. The Morgan fingerprint density at radius 2 is 2.00 bits per heavy atom. The van der Waals surface area contributed by atoms with Crippen LogP contribution in [-0.4, -0.2) is 5.16 Å². The fourth-order valence-electron chi connectivity index (χ4n) is 2.27. The number of hydrogen-bond donors (Lipinski definition) is 1. The summed E-state index contributed by atoms with van der Waals surface area (Å²) in [5, 5.41) is 3.95. The van der Waals surface area contributed by atoms with Crippen molar-refractivity contribution >= 4 is 17.2 Å². The SMILES string of the molecule is CCc1ccc(-c2onc(N)c2-c2ccccc2C)s1. The molecule has 0 aliphatic heterocycles. The maximum atomic E-state index is 6.02. The van der Waals surface area contributed by atoms with Gasteiger partial charge in [0.15, 0.2) is 11.6 Å². The molecule has 102 valence electrons. The van der Waals surface area contributed by atoms with Crippen LogP contribution in [0.25, 0.3) is 21.8 Å². The lowest BCUT2D eigenvalue weighted by Gasteiger charge is -2.04. The van der Waals surface area contributed by atoms with Crippen LogP contribution in [-0.2, 0) is 6.42 Å². The molecule has 3 nitrogen and oxygen atoms in total. The van der Waals surface area contributed by atoms with Crippen molar-refractivity contribution in [2.75, 3.05) is 5.73 Å². The summed E-state index contributed by atoms with van der Waals surface area (Å²) in [5.41, 5.74) is 9.15. The van der Waals surface area contributed by atoms with Gasteiger partial charge in [-0.1, -0.05) is 36.3 Å². The quantitative estimate of drug-likeness (QED) is 0.769. The van der Waals surface area contributed by atoms with E-state index >= 15 is 0 Å². The first-order valence-corrected chi connectivity index (χ1v) is 7.42. The van der Waals surface area contributed by atoms with Gasteiger partial charge in [0, 0.05) is 4.88 Å². The molecule has 0 saturated heterocycles. The van der Waals surface area contributed by atoms with E-state index in [0.717, 1.165) is 33.7 Å². The summed E-state index contributed by atoms with van der Waals surface area (Å²) in [6.07, 6.45) is 1.02. The molecular formula is C16H16N2OS. The number of nitrogen functional groups attached to an aromatic ring is 1. The predicted molar refractivity (Wildman–Crippen MR) is 83.8 cm³/mol. The van der Waals surface area contributed by atoms with Gasteiger partial charge in [-0.15, -0.1) is 11.3 Å². The van der Waals surface area contributed by atoms with E-state index in [0.29, 0.717) is 5.82 Å². The fourth-order valence-corrected chi connectivity index (χ4v) is 3.21. The summed E-state index contributed by atoms with van der Waals surface area (Å²) in [6.45, 7) is 4.21. The third-order valence-corrected chi connectivity index (χ3v) is 4.60. The molecule has 20 heavy (non-hydrogen) atoms. The van der Waals surface area contributed by atoms with Crippen LogP contribution in [0.2, 0.25) is 0 Å². The third kappa shape index (κ3) is 2.12. The molecular weight excluding hydrogens is 268 g/mol. The molecule has 0 fully saturated rings. The maximum absolute atomic E-state index is 6.02. The Labute approximate surface area is 122 Å². The molecule has 0 aliphatic rings. The Balaban J connectivity index is 2.17. The van der Waals surface area contributed by atoms with Gasteiger partial charge in [-0.05, 0) is 36.6 Å². The number of hydrogen-bond acceptors (Lipinski definition) is 4. The van der Waals surface area contributed by atoms with Gasteiger partial charge >= 0.3 is 0 Å². The highest BCUT2D eigenvalue weighted by atomic mass is 32.1. The normalized spacial score (nSPS) is 10.9. The molecule has 0 spiro atoms. The molecule has 2 aromatic heterocycles. The van der Waals surface area contributed by atoms with Crippen LogP contribution in [0, 0.1) is 6.92 Å². The van der Waals surface area contributed by atoms with Gasteiger partial charge < -0.3 is 10.3 Å². The van der Waals surface area contributed by atoms with Crippen molar-refractivity contribution < 1.29 is 4.52 Å². The van der Waals surface area contributed by atoms with Crippen molar-refractivity contribution in [3.63, 3.8) is 0 Å². The van der Waals surface area contributed by atoms with Crippen LogP contribution in [0.4, 0.5) is 5.82 Å². The first-order chi connectivity index (χ1) is 9.70. The van der Waals surface area contributed by atoms with E-state index < -0.39 is 0 Å². The molecule has 1 aromatic carbocycles. The van der Waals surface area contributed by atoms with Crippen LogP contribution in [0.15, 0.2) is 40.9 Å². The van der Waals surface area contributed by atoms with Crippen molar-refractivity contribution in [3.05, 3.63) is 46.8 Å². The number of nitrogens with zero attached hydrogens (tertiary/aromatic N) is 1. The summed E-state index contributed by atoms with van der Waals surface area (Å²) < 4.78 is 5.48. The zero-order valence-corrected chi connectivity index (χ0v) is 12.3. The highest BCUT2D eigenvalue weighted by molar-refractivity contribution is 7.15. The minimum Gasteiger partial charge on any atom is -0.380 e. The Bertz CT molecular complexity index is 743. The van der Waals surface area contributed by atoms with Gasteiger partial charge in [0.2, 0.25) is 0 Å². The average molecular weight is 284 g/mol. The molecule has 0 amide bonds. The summed E-state index contributed by atoms with van der Waals surface area (Å²) in [5.74, 6) is 1.21. The number of benzene rings is 1. The van der Waals surface area contributed by atoms with Crippen molar-refractivity contribution in [3.8, 4) is 21.8 Å². The lowest BCUT2D eigenvalue weighted by Crippen LogP contribution is -1.90. The maximum Gasteiger partial charge on any atom is 0.186 e. The Kier molecular flexibility index (Phi) is 3.32. The number of aryl methyl sites for hydroxylation is 2. The van der Waals surface area contributed by atoms with E-state index in [9.17, 15) is 0 Å². The molecule has 2 N–H and O–H groups in total. The second kappa shape index (κ2) is 5.13. The fraction of sp³-hybridized carbons (Fsp3) is 0.188. The number of nitrogens with two attached hydrogens (primary N) is 1. The van der Waals surface area contributed by atoms with Gasteiger partial charge in [0.25, 0.3) is 0 Å².